The van der Waals surface area contributed by atoms with Gasteiger partial charge in [-0.15, -0.1) is 0 Å². The van der Waals surface area contributed by atoms with Crippen molar-refractivity contribution in [1.82, 2.24) is 10.6 Å². The lowest BCUT2D eigenvalue weighted by atomic mass is 10.1. The van der Waals surface area contributed by atoms with Crippen LogP contribution in [0.4, 0.5) is 5.69 Å². The number of rotatable bonds is 7. The largest absolute Gasteiger partial charge is 0.504 e. The third-order valence-corrected chi connectivity index (χ3v) is 5.14. The molecule has 1 unspecified atom stereocenters. The Morgan fingerprint density at radius 1 is 1.24 bits per heavy atom. The normalized spacial score (nSPS) is 17.1. The summed E-state index contributed by atoms with van der Waals surface area (Å²) >= 11 is 0. The van der Waals surface area contributed by atoms with E-state index < -0.39 is 0 Å². The molecule has 1 saturated heterocycles. The molecule has 1 atom stereocenters. The number of para-hydroxylation sites is 1. The maximum Gasteiger partial charge on any atom is 0.191 e. The second kappa shape index (κ2) is 10.6. The number of methoxy groups -OCH3 is 1. The number of ether oxygens (including phenoxy) is 1. The molecule has 29 heavy (non-hydrogen) atoms. The molecule has 3 N–H and O–H groups in total. The predicted octanol–water partition coefficient (Wildman–Crippen LogP) is 3.17. The first-order valence-corrected chi connectivity index (χ1v) is 10.4. The van der Waals surface area contributed by atoms with E-state index in [9.17, 15) is 5.11 Å². The highest BCUT2D eigenvalue weighted by Gasteiger charge is 2.20. The van der Waals surface area contributed by atoms with Gasteiger partial charge in [-0.05, 0) is 56.0 Å². The van der Waals surface area contributed by atoms with Gasteiger partial charge in [0.1, 0.15) is 0 Å². The predicted molar refractivity (Wildman–Crippen MR) is 119 cm³/mol. The number of aromatic hydroxyl groups is 1. The van der Waals surface area contributed by atoms with Crippen molar-refractivity contribution in [3.05, 3.63) is 54.1 Å². The zero-order valence-electron chi connectivity index (χ0n) is 17.4. The van der Waals surface area contributed by atoms with Crippen LogP contribution in [0.2, 0.25) is 0 Å². The van der Waals surface area contributed by atoms with Gasteiger partial charge in [0.05, 0.1) is 7.11 Å². The van der Waals surface area contributed by atoms with Crippen LogP contribution in [-0.2, 0) is 6.42 Å². The maximum atomic E-state index is 9.73. The Hall–Kier alpha value is -2.89. The SMILES string of the molecule is CCNC(=NCCc1ccc(O)c(OC)c1)NC1CCCN(c2ccccc2)C1. The van der Waals surface area contributed by atoms with Crippen molar-refractivity contribution in [3.63, 3.8) is 0 Å². The molecular formula is C23H32N4O2. The monoisotopic (exact) mass is 396 g/mol. The van der Waals surface area contributed by atoms with Gasteiger partial charge in [0, 0.05) is 37.9 Å². The summed E-state index contributed by atoms with van der Waals surface area (Å²) in [7, 11) is 1.56. The van der Waals surface area contributed by atoms with E-state index >= 15 is 0 Å². The molecule has 3 rings (SSSR count). The Labute approximate surface area is 173 Å². The molecule has 6 heteroatoms. The number of anilines is 1. The number of benzene rings is 2. The van der Waals surface area contributed by atoms with Gasteiger partial charge in [0.2, 0.25) is 0 Å². The molecule has 1 aliphatic rings. The minimum atomic E-state index is 0.162. The summed E-state index contributed by atoms with van der Waals surface area (Å²) in [6.07, 6.45) is 3.09. The highest BCUT2D eigenvalue weighted by Crippen LogP contribution is 2.26. The number of nitrogens with zero attached hydrogens (tertiary/aromatic N) is 2. The summed E-state index contributed by atoms with van der Waals surface area (Å²) in [6, 6.07) is 16.4. The molecule has 0 spiro atoms. The van der Waals surface area contributed by atoms with Crippen LogP contribution >= 0.6 is 0 Å². The molecule has 1 fully saturated rings. The number of hydrogen-bond acceptors (Lipinski definition) is 4. The van der Waals surface area contributed by atoms with Crippen LogP contribution in [0.25, 0.3) is 0 Å². The molecule has 0 amide bonds. The molecule has 0 radical (unpaired) electrons. The fourth-order valence-electron chi connectivity index (χ4n) is 3.66. The zero-order valence-corrected chi connectivity index (χ0v) is 17.4. The van der Waals surface area contributed by atoms with Crippen LogP contribution in [0, 0.1) is 0 Å². The van der Waals surface area contributed by atoms with E-state index in [1.54, 1.807) is 13.2 Å². The average Bonchev–Trinajstić information content (AvgIpc) is 2.76. The van der Waals surface area contributed by atoms with Crippen molar-refractivity contribution in [2.24, 2.45) is 4.99 Å². The fourth-order valence-corrected chi connectivity index (χ4v) is 3.66. The summed E-state index contributed by atoms with van der Waals surface area (Å²) in [5.74, 6) is 1.52. The average molecular weight is 397 g/mol. The van der Waals surface area contributed by atoms with E-state index in [2.05, 4.69) is 52.8 Å². The molecule has 0 aliphatic carbocycles. The van der Waals surface area contributed by atoms with Gasteiger partial charge >= 0.3 is 0 Å². The molecular weight excluding hydrogens is 364 g/mol. The first-order valence-electron chi connectivity index (χ1n) is 10.4. The summed E-state index contributed by atoms with van der Waals surface area (Å²) in [5.41, 5.74) is 2.37. The summed E-state index contributed by atoms with van der Waals surface area (Å²) in [5, 5.41) is 16.7. The van der Waals surface area contributed by atoms with Crippen LogP contribution in [0.1, 0.15) is 25.3 Å². The Balaban J connectivity index is 1.57. The molecule has 0 bridgehead atoms. The van der Waals surface area contributed by atoms with Gasteiger partial charge in [-0.1, -0.05) is 24.3 Å². The third kappa shape index (κ3) is 6.04. The van der Waals surface area contributed by atoms with Crippen molar-refractivity contribution in [2.45, 2.75) is 32.2 Å². The minimum absolute atomic E-state index is 0.162. The van der Waals surface area contributed by atoms with Gasteiger partial charge in [-0.25, -0.2) is 0 Å². The number of phenols is 1. The molecule has 1 aliphatic heterocycles. The van der Waals surface area contributed by atoms with Crippen molar-refractivity contribution in [1.29, 1.82) is 0 Å². The van der Waals surface area contributed by atoms with E-state index in [-0.39, 0.29) is 5.75 Å². The molecule has 6 nitrogen and oxygen atoms in total. The van der Waals surface area contributed by atoms with E-state index in [1.807, 2.05) is 12.1 Å². The summed E-state index contributed by atoms with van der Waals surface area (Å²) in [6.45, 7) is 5.65. The van der Waals surface area contributed by atoms with E-state index in [0.29, 0.717) is 18.3 Å². The topological polar surface area (TPSA) is 69.1 Å². The molecule has 0 saturated carbocycles. The molecule has 156 valence electrons. The number of guanidine groups is 1. The van der Waals surface area contributed by atoms with Crippen LogP contribution in [-0.4, -0.2) is 50.4 Å². The highest BCUT2D eigenvalue weighted by atomic mass is 16.5. The minimum Gasteiger partial charge on any atom is -0.504 e. The van der Waals surface area contributed by atoms with E-state index in [1.165, 1.54) is 12.1 Å². The number of aliphatic imine (C=N–C) groups is 1. The Morgan fingerprint density at radius 2 is 2.07 bits per heavy atom. The second-order valence-corrected chi connectivity index (χ2v) is 7.28. The highest BCUT2D eigenvalue weighted by molar-refractivity contribution is 5.80. The van der Waals surface area contributed by atoms with Gasteiger partial charge in [0.15, 0.2) is 17.5 Å². The Kier molecular flexibility index (Phi) is 7.61. The van der Waals surface area contributed by atoms with Crippen LogP contribution in [0.3, 0.4) is 0 Å². The number of phenolic OH excluding ortho intramolecular Hbond substituents is 1. The Morgan fingerprint density at radius 3 is 2.83 bits per heavy atom. The van der Waals surface area contributed by atoms with Crippen molar-refractivity contribution in [3.8, 4) is 11.5 Å². The Bertz CT molecular complexity index is 795. The van der Waals surface area contributed by atoms with Gasteiger partial charge in [0.25, 0.3) is 0 Å². The maximum absolute atomic E-state index is 9.73. The van der Waals surface area contributed by atoms with E-state index in [0.717, 1.165) is 44.0 Å². The van der Waals surface area contributed by atoms with Gasteiger partial charge in [-0.2, -0.15) is 0 Å². The van der Waals surface area contributed by atoms with Crippen LogP contribution < -0.4 is 20.3 Å². The smallest absolute Gasteiger partial charge is 0.191 e. The molecule has 2 aromatic carbocycles. The fraction of sp³-hybridized carbons (Fsp3) is 0.435. The lowest BCUT2D eigenvalue weighted by Crippen LogP contribution is -2.51. The quantitative estimate of drug-likeness (QED) is 0.495. The lowest BCUT2D eigenvalue weighted by molar-refractivity contribution is 0.373. The second-order valence-electron chi connectivity index (χ2n) is 7.28. The van der Waals surface area contributed by atoms with Crippen LogP contribution in [0.15, 0.2) is 53.5 Å². The molecule has 2 aromatic rings. The zero-order chi connectivity index (χ0) is 20.5. The standard InChI is InChI=1S/C23H32N4O2/c1-3-24-23(25-14-13-18-11-12-21(28)22(16-18)29-2)26-19-8-7-15-27(17-19)20-9-5-4-6-10-20/h4-6,9-12,16,19,28H,3,7-8,13-15,17H2,1-2H3,(H2,24,25,26). The van der Waals surface area contributed by atoms with Crippen LogP contribution in [0.5, 0.6) is 11.5 Å². The van der Waals surface area contributed by atoms with Gasteiger partial charge < -0.3 is 25.4 Å². The first kappa shape index (κ1) is 20.8. The molecule has 0 aromatic heterocycles. The van der Waals surface area contributed by atoms with Crippen molar-refractivity contribution in [2.75, 3.05) is 38.2 Å². The summed E-state index contributed by atoms with van der Waals surface area (Å²) in [4.78, 5) is 7.19. The molecule has 1 heterocycles. The number of hydrogen-bond donors (Lipinski definition) is 3. The van der Waals surface area contributed by atoms with Gasteiger partial charge in [-0.3, -0.25) is 4.99 Å². The first-order chi connectivity index (χ1) is 14.2. The summed E-state index contributed by atoms with van der Waals surface area (Å²) < 4.78 is 5.18. The number of nitrogens with one attached hydrogen (secondary N) is 2. The third-order valence-electron chi connectivity index (χ3n) is 5.14. The number of piperidine rings is 1. The van der Waals surface area contributed by atoms with Crippen molar-refractivity contribution >= 4 is 11.6 Å². The lowest BCUT2D eigenvalue weighted by Gasteiger charge is -2.35. The van der Waals surface area contributed by atoms with Crippen molar-refractivity contribution < 1.29 is 9.84 Å². The van der Waals surface area contributed by atoms with E-state index in [4.69, 9.17) is 9.73 Å².